The van der Waals surface area contributed by atoms with Crippen LogP contribution in [0.3, 0.4) is 0 Å². The van der Waals surface area contributed by atoms with Crippen molar-refractivity contribution in [2.75, 3.05) is 16.1 Å². The summed E-state index contributed by atoms with van der Waals surface area (Å²) in [6.45, 7) is 0. The lowest BCUT2D eigenvalue weighted by atomic mass is 10.1. The van der Waals surface area contributed by atoms with Gasteiger partial charge < -0.3 is 16.0 Å². The second-order valence-electron chi connectivity index (χ2n) is 9.51. The van der Waals surface area contributed by atoms with Gasteiger partial charge in [-0.2, -0.15) is 10.1 Å². The summed E-state index contributed by atoms with van der Waals surface area (Å²) in [5.74, 6) is -1.05. The number of rotatable bonds is 9. The van der Waals surface area contributed by atoms with Crippen LogP contribution < -0.4 is 21.0 Å². The molecule has 1 aliphatic heterocycles. The highest BCUT2D eigenvalue weighted by Crippen LogP contribution is 2.22. The van der Waals surface area contributed by atoms with Gasteiger partial charge in [-0.05, 0) is 72.3 Å². The summed E-state index contributed by atoms with van der Waals surface area (Å²) in [6.07, 6.45) is 1.58. The van der Waals surface area contributed by atoms with Gasteiger partial charge in [-0.25, -0.2) is 0 Å². The maximum Gasteiger partial charge on any atom is 0.272 e. The minimum absolute atomic E-state index is 0.0138. The molecule has 0 saturated carbocycles. The average molecular weight is 624 g/mol. The summed E-state index contributed by atoms with van der Waals surface area (Å²) in [4.78, 5) is 51.7. The van der Waals surface area contributed by atoms with Gasteiger partial charge in [-0.3, -0.25) is 19.2 Å². The number of benzene rings is 4. The smallest absolute Gasteiger partial charge is 0.272 e. The van der Waals surface area contributed by atoms with Crippen molar-refractivity contribution in [2.24, 2.45) is 5.10 Å². The molecule has 4 aromatic carbocycles. The van der Waals surface area contributed by atoms with Crippen LogP contribution in [0.2, 0.25) is 5.02 Å². The summed E-state index contributed by atoms with van der Waals surface area (Å²) >= 11 is 7.29. The minimum atomic E-state index is -0.513. The summed E-state index contributed by atoms with van der Waals surface area (Å²) in [6, 6.07) is 31.4. The van der Waals surface area contributed by atoms with E-state index in [9.17, 15) is 19.2 Å². The number of amides is 4. The Kier molecular flexibility index (Phi) is 9.85. The van der Waals surface area contributed by atoms with E-state index in [1.807, 2.05) is 18.2 Å². The Labute approximate surface area is 263 Å². The SMILES string of the molecule is O=C(CSc1ccc(NC(=O)/C(=C/c2ccc(Cl)cc2)NC(=O)c2ccccc2)cc1)NC1=NN(c2ccccc2)C(=O)C1. The molecule has 4 amide bonds. The Morgan fingerprint density at radius 3 is 2.18 bits per heavy atom. The third-order valence-corrected chi connectivity index (χ3v) is 7.52. The molecule has 0 spiro atoms. The van der Waals surface area contributed by atoms with Crippen molar-refractivity contribution in [1.29, 1.82) is 0 Å². The van der Waals surface area contributed by atoms with Crippen molar-refractivity contribution in [3.05, 3.63) is 131 Å². The number of nitrogens with one attached hydrogen (secondary N) is 3. The predicted octanol–water partition coefficient (Wildman–Crippen LogP) is 5.71. The maximum atomic E-state index is 13.2. The number of thioether (sulfide) groups is 1. The van der Waals surface area contributed by atoms with Gasteiger partial charge >= 0.3 is 0 Å². The number of amidine groups is 1. The lowest BCUT2D eigenvalue weighted by Gasteiger charge is -2.12. The molecule has 11 heteroatoms. The van der Waals surface area contributed by atoms with Gasteiger partial charge in [-0.1, -0.05) is 60.1 Å². The van der Waals surface area contributed by atoms with E-state index in [0.717, 1.165) is 4.90 Å². The van der Waals surface area contributed by atoms with Crippen LogP contribution in [0.25, 0.3) is 6.08 Å². The van der Waals surface area contributed by atoms with Crippen LogP contribution in [0.5, 0.6) is 0 Å². The zero-order valence-electron chi connectivity index (χ0n) is 23.2. The van der Waals surface area contributed by atoms with Crippen molar-refractivity contribution in [1.82, 2.24) is 10.6 Å². The van der Waals surface area contributed by atoms with E-state index in [2.05, 4.69) is 21.1 Å². The van der Waals surface area contributed by atoms with E-state index in [1.54, 1.807) is 97.1 Å². The first kappa shape index (κ1) is 30.3. The first-order chi connectivity index (χ1) is 21.3. The molecule has 0 unspecified atom stereocenters. The molecule has 3 N–H and O–H groups in total. The monoisotopic (exact) mass is 623 g/mol. The van der Waals surface area contributed by atoms with Crippen LogP contribution >= 0.6 is 23.4 Å². The van der Waals surface area contributed by atoms with Crippen molar-refractivity contribution in [3.63, 3.8) is 0 Å². The van der Waals surface area contributed by atoms with Gasteiger partial charge in [0.2, 0.25) is 5.91 Å². The number of para-hydroxylation sites is 1. The predicted molar refractivity (Wildman–Crippen MR) is 173 cm³/mol. The molecule has 0 saturated heterocycles. The third kappa shape index (κ3) is 8.21. The Hall–Kier alpha value is -5.19. The fourth-order valence-corrected chi connectivity index (χ4v) is 4.94. The number of anilines is 2. The number of carbonyl (C=O) groups excluding carboxylic acids is 4. The van der Waals surface area contributed by atoms with Gasteiger partial charge in [0.05, 0.1) is 17.9 Å². The summed E-state index contributed by atoms with van der Waals surface area (Å²) in [7, 11) is 0. The topological polar surface area (TPSA) is 120 Å². The molecule has 9 nitrogen and oxygen atoms in total. The number of hydrogen-bond acceptors (Lipinski definition) is 6. The Morgan fingerprint density at radius 1 is 0.841 bits per heavy atom. The number of nitrogens with zero attached hydrogens (tertiary/aromatic N) is 2. The van der Waals surface area contributed by atoms with Crippen molar-refractivity contribution < 1.29 is 19.2 Å². The first-order valence-electron chi connectivity index (χ1n) is 13.5. The van der Waals surface area contributed by atoms with Crippen LogP contribution in [0, 0.1) is 0 Å². The van der Waals surface area contributed by atoms with Gasteiger partial charge in [0.1, 0.15) is 11.5 Å². The zero-order chi connectivity index (χ0) is 30.9. The number of hydrogen-bond donors (Lipinski definition) is 3. The summed E-state index contributed by atoms with van der Waals surface area (Å²) < 4.78 is 0. The molecule has 0 atom stereocenters. The molecule has 5 rings (SSSR count). The molecule has 44 heavy (non-hydrogen) atoms. The van der Waals surface area contributed by atoms with Gasteiger partial charge in [0.25, 0.3) is 17.7 Å². The van der Waals surface area contributed by atoms with Crippen molar-refractivity contribution in [2.45, 2.75) is 11.3 Å². The minimum Gasteiger partial charge on any atom is -0.321 e. The Balaban J connectivity index is 1.18. The number of hydrazone groups is 1. The van der Waals surface area contributed by atoms with Crippen molar-refractivity contribution >= 4 is 70.3 Å². The van der Waals surface area contributed by atoms with Crippen LogP contribution in [0.1, 0.15) is 22.3 Å². The summed E-state index contributed by atoms with van der Waals surface area (Å²) in [5.41, 5.74) is 2.27. The molecule has 0 fully saturated rings. The van der Waals surface area contributed by atoms with E-state index in [4.69, 9.17) is 11.6 Å². The highest BCUT2D eigenvalue weighted by atomic mass is 35.5. The van der Waals surface area contributed by atoms with E-state index >= 15 is 0 Å². The number of carbonyl (C=O) groups is 4. The lowest BCUT2D eigenvalue weighted by Crippen LogP contribution is -2.31. The van der Waals surface area contributed by atoms with Gasteiger partial charge in [0, 0.05) is 21.2 Å². The van der Waals surface area contributed by atoms with Gasteiger partial charge in [-0.15, -0.1) is 11.8 Å². The van der Waals surface area contributed by atoms with E-state index in [0.29, 0.717) is 33.4 Å². The highest BCUT2D eigenvalue weighted by molar-refractivity contribution is 8.00. The Bertz CT molecular complexity index is 1730. The van der Waals surface area contributed by atoms with Crippen LogP contribution in [-0.4, -0.2) is 35.2 Å². The average Bonchev–Trinajstić information content (AvgIpc) is 3.41. The second kappa shape index (κ2) is 14.3. The number of halogens is 1. The summed E-state index contributed by atoms with van der Waals surface area (Å²) in [5, 5.41) is 14.3. The van der Waals surface area contributed by atoms with Gasteiger partial charge in [0.15, 0.2) is 0 Å². The molecule has 1 heterocycles. The molecular weight excluding hydrogens is 598 g/mol. The maximum absolute atomic E-state index is 13.2. The fraction of sp³-hybridized carbons (Fsp3) is 0.0606. The quantitative estimate of drug-likeness (QED) is 0.163. The van der Waals surface area contributed by atoms with Crippen LogP contribution in [0.4, 0.5) is 11.4 Å². The normalized spacial score (nSPS) is 12.8. The Morgan fingerprint density at radius 2 is 1.50 bits per heavy atom. The molecule has 4 aromatic rings. The van der Waals surface area contributed by atoms with E-state index < -0.39 is 11.8 Å². The lowest BCUT2D eigenvalue weighted by molar-refractivity contribution is -0.117. The van der Waals surface area contributed by atoms with E-state index in [1.165, 1.54) is 16.8 Å². The first-order valence-corrected chi connectivity index (χ1v) is 14.8. The van der Waals surface area contributed by atoms with E-state index in [-0.39, 0.29) is 29.7 Å². The third-order valence-electron chi connectivity index (χ3n) is 6.25. The fourth-order valence-electron chi connectivity index (χ4n) is 4.12. The molecule has 220 valence electrons. The van der Waals surface area contributed by atoms with Crippen molar-refractivity contribution in [3.8, 4) is 0 Å². The van der Waals surface area contributed by atoms with Crippen LogP contribution in [-0.2, 0) is 14.4 Å². The molecule has 1 aliphatic rings. The molecular formula is C33H26ClN5O4S. The molecule has 0 bridgehead atoms. The second-order valence-corrected chi connectivity index (χ2v) is 11.0. The molecule has 0 aliphatic carbocycles. The largest absolute Gasteiger partial charge is 0.321 e. The zero-order valence-corrected chi connectivity index (χ0v) is 24.8. The highest BCUT2D eigenvalue weighted by Gasteiger charge is 2.26. The standard InChI is InChI=1S/C33H26ClN5O4S/c34-24-13-11-22(12-14-24)19-28(36-32(42)23-7-3-1-4-8-23)33(43)35-25-15-17-27(18-16-25)44-21-30(40)37-29-20-31(41)39(38-29)26-9-5-2-6-10-26/h1-19H,20-21H2,(H,35,43)(H,36,42)(H,37,38,40)/b28-19-. The van der Waals surface area contributed by atoms with Crippen LogP contribution in [0.15, 0.2) is 125 Å². The molecule has 0 aromatic heterocycles. The molecule has 0 radical (unpaired) electrons.